The van der Waals surface area contributed by atoms with Gasteiger partial charge in [-0.3, -0.25) is 20.2 Å². The zero-order valence-electron chi connectivity index (χ0n) is 10.8. The second kappa shape index (κ2) is 5.12. The van der Waals surface area contributed by atoms with E-state index in [-0.39, 0.29) is 17.5 Å². The van der Waals surface area contributed by atoms with Crippen molar-refractivity contribution in [1.82, 2.24) is 0 Å². The summed E-state index contributed by atoms with van der Waals surface area (Å²) in [5.74, 6) is -0.0513. The standard InChI is InChI=1S/C12H16N2O4/c1-7(2)9-5-6-10(13(15)16)12(14(17)18)11(9)8(3)4/h5-8H,1-4H3. The molecule has 0 fully saturated rings. The number of nitrogens with zero attached hydrogens (tertiary/aromatic N) is 2. The van der Waals surface area contributed by atoms with Gasteiger partial charge in [0.25, 0.3) is 0 Å². The van der Waals surface area contributed by atoms with Crippen LogP contribution in [0.1, 0.15) is 50.7 Å². The maximum atomic E-state index is 11.1. The fraction of sp³-hybridized carbons (Fsp3) is 0.500. The van der Waals surface area contributed by atoms with Crippen molar-refractivity contribution in [3.63, 3.8) is 0 Å². The fourth-order valence-corrected chi connectivity index (χ4v) is 2.06. The molecule has 6 nitrogen and oxygen atoms in total. The van der Waals surface area contributed by atoms with E-state index in [0.29, 0.717) is 5.56 Å². The lowest BCUT2D eigenvalue weighted by Gasteiger charge is -2.15. The number of hydrogen-bond acceptors (Lipinski definition) is 4. The van der Waals surface area contributed by atoms with Crippen LogP contribution >= 0.6 is 0 Å². The first-order chi connectivity index (χ1) is 8.27. The van der Waals surface area contributed by atoms with Crippen LogP contribution in [0.5, 0.6) is 0 Å². The van der Waals surface area contributed by atoms with Crippen molar-refractivity contribution < 1.29 is 9.85 Å². The van der Waals surface area contributed by atoms with Gasteiger partial charge in [-0.15, -0.1) is 0 Å². The Hall–Kier alpha value is -1.98. The van der Waals surface area contributed by atoms with E-state index in [1.54, 1.807) is 19.9 Å². The first kappa shape index (κ1) is 14.1. The number of hydrogen-bond donors (Lipinski definition) is 0. The molecule has 0 saturated carbocycles. The summed E-state index contributed by atoms with van der Waals surface area (Å²) in [5, 5.41) is 22.0. The lowest BCUT2D eigenvalue weighted by molar-refractivity contribution is -0.423. The Kier molecular flexibility index (Phi) is 4.00. The quantitative estimate of drug-likeness (QED) is 0.603. The Balaban J connectivity index is 3.71. The Morgan fingerprint density at radius 2 is 1.50 bits per heavy atom. The molecule has 1 aromatic carbocycles. The van der Waals surface area contributed by atoms with E-state index in [1.165, 1.54) is 6.07 Å². The van der Waals surface area contributed by atoms with Crippen LogP contribution in [0.25, 0.3) is 0 Å². The SMILES string of the molecule is CC(C)c1ccc([N+](=O)[O-])c([N+](=O)[O-])c1C(C)C. The number of benzene rings is 1. The maximum Gasteiger partial charge on any atom is 0.349 e. The molecule has 0 radical (unpaired) electrons. The molecule has 0 aliphatic rings. The van der Waals surface area contributed by atoms with Crippen molar-refractivity contribution in [2.75, 3.05) is 0 Å². The molecule has 0 unspecified atom stereocenters. The van der Waals surface area contributed by atoms with Crippen LogP contribution in [0.2, 0.25) is 0 Å². The average molecular weight is 252 g/mol. The molecular weight excluding hydrogens is 236 g/mol. The zero-order valence-corrected chi connectivity index (χ0v) is 10.8. The van der Waals surface area contributed by atoms with Gasteiger partial charge in [0.2, 0.25) is 0 Å². The largest absolute Gasteiger partial charge is 0.349 e. The van der Waals surface area contributed by atoms with Crippen LogP contribution in [0.4, 0.5) is 11.4 Å². The predicted molar refractivity (Wildman–Crippen MR) is 67.9 cm³/mol. The summed E-state index contributed by atoms with van der Waals surface area (Å²) in [6, 6.07) is 2.84. The molecule has 0 aromatic heterocycles. The van der Waals surface area contributed by atoms with E-state index in [2.05, 4.69) is 0 Å². The highest BCUT2D eigenvalue weighted by Crippen LogP contribution is 2.39. The highest BCUT2D eigenvalue weighted by Gasteiger charge is 2.32. The second-order valence-corrected chi connectivity index (χ2v) is 4.76. The highest BCUT2D eigenvalue weighted by molar-refractivity contribution is 5.62. The molecule has 1 aromatic rings. The number of nitro benzene ring substituents is 2. The van der Waals surface area contributed by atoms with Crippen molar-refractivity contribution in [1.29, 1.82) is 0 Å². The minimum absolute atomic E-state index is 0.0851. The van der Waals surface area contributed by atoms with Crippen molar-refractivity contribution in [2.45, 2.75) is 39.5 Å². The van der Waals surface area contributed by atoms with Gasteiger partial charge in [0.05, 0.1) is 9.85 Å². The van der Waals surface area contributed by atoms with Gasteiger partial charge in [-0.05, 0) is 17.4 Å². The topological polar surface area (TPSA) is 86.3 Å². The minimum Gasteiger partial charge on any atom is -0.258 e. The Labute approximate surface area is 105 Å². The molecule has 98 valence electrons. The Morgan fingerprint density at radius 3 is 1.83 bits per heavy atom. The molecule has 18 heavy (non-hydrogen) atoms. The fourth-order valence-electron chi connectivity index (χ4n) is 2.06. The predicted octanol–water partition coefficient (Wildman–Crippen LogP) is 3.75. The summed E-state index contributed by atoms with van der Waals surface area (Å²) in [6.07, 6.45) is 0. The van der Waals surface area contributed by atoms with Gasteiger partial charge in [-0.2, -0.15) is 0 Å². The lowest BCUT2D eigenvalue weighted by Crippen LogP contribution is -2.07. The highest BCUT2D eigenvalue weighted by atomic mass is 16.6. The minimum atomic E-state index is -0.700. The summed E-state index contributed by atoms with van der Waals surface area (Å²) >= 11 is 0. The molecule has 0 aliphatic heterocycles. The van der Waals surface area contributed by atoms with Crippen molar-refractivity contribution >= 4 is 11.4 Å². The van der Waals surface area contributed by atoms with Crippen molar-refractivity contribution in [3.05, 3.63) is 43.5 Å². The Morgan fingerprint density at radius 1 is 0.944 bits per heavy atom. The van der Waals surface area contributed by atoms with Gasteiger partial charge in [0.15, 0.2) is 0 Å². The third-order valence-corrected chi connectivity index (χ3v) is 2.81. The number of rotatable bonds is 4. The van der Waals surface area contributed by atoms with Gasteiger partial charge in [-0.25, -0.2) is 0 Å². The molecule has 0 atom stereocenters. The van der Waals surface area contributed by atoms with Crippen LogP contribution in [0.15, 0.2) is 12.1 Å². The molecule has 0 heterocycles. The first-order valence-corrected chi connectivity index (χ1v) is 5.72. The first-order valence-electron chi connectivity index (χ1n) is 5.72. The summed E-state index contributed by atoms with van der Waals surface area (Å²) in [4.78, 5) is 20.7. The maximum absolute atomic E-state index is 11.1. The summed E-state index contributed by atoms with van der Waals surface area (Å²) in [6.45, 7) is 7.43. The van der Waals surface area contributed by atoms with Crippen molar-refractivity contribution in [2.24, 2.45) is 0 Å². The molecule has 0 spiro atoms. The summed E-state index contributed by atoms with van der Waals surface area (Å²) < 4.78 is 0. The van der Waals surface area contributed by atoms with Gasteiger partial charge >= 0.3 is 11.4 Å². The lowest BCUT2D eigenvalue weighted by atomic mass is 9.88. The van der Waals surface area contributed by atoms with E-state index in [4.69, 9.17) is 0 Å². The van der Waals surface area contributed by atoms with Crippen LogP contribution in [-0.4, -0.2) is 9.85 Å². The summed E-state index contributed by atoms with van der Waals surface area (Å²) in [7, 11) is 0. The third kappa shape index (κ3) is 2.47. The molecule has 6 heteroatoms. The Bertz CT molecular complexity index is 495. The van der Waals surface area contributed by atoms with Gasteiger partial charge in [-0.1, -0.05) is 33.8 Å². The molecule has 0 amide bonds. The normalized spacial score (nSPS) is 11.0. The smallest absolute Gasteiger partial charge is 0.258 e. The molecule has 0 saturated heterocycles. The van der Waals surface area contributed by atoms with Crippen LogP contribution in [-0.2, 0) is 0 Å². The molecule has 1 rings (SSSR count). The van der Waals surface area contributed by atoms with Crippen LogP contribution in [0.3, 0.4) is 0 Å². The van der Waals surface area contributed by atoms with E-state index >= 15 is 0 Å². The summed E-state index contributed by atoms with van der Waals surface area (Å²) in [5.41, 5.74) is 0.445. The number of nitro groups is 2. The third-order valence-electron chi connectivity index (χ3n) is 2.81. The van der Waals surface area contributed by atoms with Crippen molar-refractivity contribution in [3.8, 4) is 0 Å². The van der Waals surface area contributed by atoms with E-state index in [1.807, 2.05) is 13.8 Å². The van der Waals surface area contributed by atoms with E-state index in [9.17, 15) is 20.2 Å². The average Bonchev–Trinajstić information content (AvgIpc) is 2.26. The molecular formula is C12H16N2O4. The van der Waals surface area contributed by atoms with Gasteiger partial charge in [0.1, 0.15) is 0 Å². The van der Waals surface area contributed by atoms with E-state index in [0.717, 1.165) is 5.56 Å². The molecule has 0 aliphatic carbocycles. The van der Waals surface area contributed by atoms with Crippen LogP contribution < -0.4 is 0 Å². The monoisotopic (exact) mass is 252 g/mol. The van der Waals surface area contributed by atoms with Crippen LogP contribution in [0, 0.1) is 20.2 Å². The molecule has 0 bridgehead atoms. The van der Waals surface area contributed by atoms with Gasteiger partial charge in [0, 0.05) is 11.6 Å². The van der Waals surface area contributed by atoms with E-state index < -0.39 is 15.5 Å². The molecule has 0 N–H and O–H groups in total. The second-order valence-electron chi connectivity index (χ2n) is 4.76. The van der Waals surface area contributed by atoms with Gasteiger partial charge < -0.3 is 0 Å². The zero-order chi connectivity index (χ0) is 14.0.